The molecular formula is C22H20Cl2N2O3S. The largest absolute Gasteiger partial charge is 0.324 e. The maximum Gasteiger partial charge on any atom is 0.264 e. The zero-order chi connectivity index (χ0) is 21.9. The Morgan fingerprint density at radius 1 is 0.900 bits per heavy atom. The van der Waals surface area contributed by atoms with Gasteiger partial charge in [0.1, 0.15) is 6.54 Å². The summed E-state index contributed by atoms with van der Waals surface area (Å²) in [6.45, 7) is 3.18. The number of benzene rings is 3. The zero-order valence-corrected chi connectivity index (χ0v) is 18.7. The molecule has 0 atom stereocenters. The van der Waals surface area contributed by atoms with Crippen LogP contribution in [0.2, 0.25) is 10.0 Å². The van der Waals surface area contributed by atoms with Gasteiger partial charge in [-0.15, -0.1) is 0 Å². The van der Waals surface area contributed by atoms with E-state index in [4.69, 9.17) is 23.2 Å². The Kier molecular flexibility index (Phi) is 6.71. The SMILES string of the molecule is Cc1ccc(S(=O)(=O)N(CC(=O)Nc2cccc(Cl)c2C)c2ccccc2Cl)cc1. The van der Waals surface area contributed by atoms with Crippen molar-refractivity contribution in [2.75, 3.05) is 16.2 Å². The van der Waals surface area contributed by atoms with E-state index in [0.717, 1.165) is 9.87 Å². The van der Waals surface area contributed by atoms with E-state index in [2.05, 4.69) is 5.32 Å². The molecule has 0 bridgehead atoms. The molecular weight excluding hydrogens is 443 g/mol. The quantitative estimate of drug-likeness (QED) is 0.529. The topological polar surface area (TPSA) is 66.5 Å². The second-order valence-electron chi connectivity index (χ2n) is 6.74. The number of sulfonamides is 1. The summed E-state index contributed by atoms with van der Waals surface area (Å²) < 4.78 is 27.8. The minimum absolute atomic E-state index is 0.0692. The molecule has 0 aliphatic rings. The lowest BCUT2D eigenvalue weighted by molar-refractivity contribution is -0.114. The Hall–Kier alpha value is -2.54. The monoisotopic (exact) mass is 462 g/mol. The summed E-state index contributed by atoms with van der Waals surface area (Å²) in [6.07, 6.45) is 0. The average molecular weight is 463 g/mol. The van der Waals surface area contributed by atoms with Crippen molar-refractivity contribution >= 4 is 50.5 Å². The molecule has 1 N–H and O–H groups in total. The number of aryl methyl sites for hydroxylation is 1. The van der Waals surface area contributed by atoms with E-state index >= 15 is 0 Å². The highest BCUT2D eigenvalue weighted by atomic mass is 35.5. The number of carbonyl (C=O) groups is 1. The molecule has 30 heavy (non-hydrogen) atoms. The summed E-state index contributed by atoms with van der Waals surface area (Å²) >= 11 is 12.4. The highest BCUT2D eigenvalue weighted by Crippen LogP contribution is 2.30. The van der Waals surface area contributed by atoms with Gasteiger partial charge in [-0.05, 0) is 55.8 Å². The van der Waals surface area contributed by atoms with Crippen molar-refractivity contribution in [2.24, 2.45) is 0 Å². The standard InChI is InChI=1S/C22H20Cl2N2O3S/c1-15-10-12-17(13-11-15)30(28,29)26(21-9-4-3-6-19(21)24)14-22(27)25-20-8-5-7-18(23)16(20)2/h3-13H,14H2,1-2H3,(H,25,27). The van der Waals surface area contributed by atoms with Crippen LogP contribution in [0.3, 0.4) is 0 Å². The summed E-state index contributed by atoms with van der Waals surface area (Å²) in [5, 5.41) is 3.46. The molecule has 0 heterocycles. The number of hydrogen-bond donors (Lipinski definition) is 1. The number of anilines is 2. The van der Waals surface area contributed by atoms with E-state index in [9.17, 15) is 13.2 Å². The molecule has 0 spiro atoms. The minimum atomic E-state index is -4.04. The smallest absolute Gasteiger partial charge is 0.264 e. The van der Waals surface area contributed by atoms with Gasteiger partial charge in [0.05, 0.1) is 15.6 Å². The lowest BCUT2D eigenvalue weighted by Gasteiger charge is -2.25. The summed E-state index contributed by atoms with van der Waals surface area (Å²) in [5.41, 5.74) is 2.35. The van der Waals surface area contributed by atoms with Crippen LogP contribution in [0, 0.1) is 13.8 Å². The number of amides is 1. The second-order valence-corrected chi connectivity index (χ2v) is 9.41. The van der Waals surface area contributed by atoms with Gasteiger partial charge in [-0.3, -0.25) is 9.10 Å². The number of nitrogens with zero attached hydrogens (tertiary/aromatic N) is 1. The first-order chi connectivity index (χ1) is 14.2. The van der Waals surface area contributed by atoms with Crippen molar-refractivity contribution in [1.29, 1.82) is 0 Å². The third-order valence-corrected chi connectivity index (χ3v) is 7.06. The minimum Gasteiger partial charge on any atom is -0.324 e. The zero-order valence-electron chi connectivity index (χ0n) is 16.4. The van der Waals surface area contributed by atoms with Gasteiger partial charge in [-0.1, -0.05) is 59.1 Å². The predicted octanol–water partition coefficient (Wildman–Crippen LogP) is 5.44. The summed E-state index contributed by atoms with van der Waals surface area (Å²) in [4.78, 5) is 12.9. The first-order valence-electron chi connectivity index (χ1n) is 9.09. The normalized spacial score (nSPS) is 11.2. The van der Waals surface area contributed by atoms with Crippen LogP contribution in [0.1, 0.15) is 11.1 Å². The van der Waals surface area contributed by atoms with Gasteiger partial charge < -0.3 is 5.32 Å². The van der Waals surface area contributed by atoms with Gasteiger partial charge in [-0.2, -0.15) is 0 Å². The molecule has 3 rings (SSSR count). The van der Waals surface area contributed by atoms with Crippen LogP contribution in [0.25, 0.3) is 0 Å². The third kappa shape index (κ3) is 4.78. The van der Waals surface area contributed by atoms with Crippen molar-refractivity contribution < 1.29 is 13.2 Å². The molecule has 156 valence electrons. The van der Waals surface area contributed by atoms with Gasteiger partial charge in [0, 0.05) is 10.7 Å². The van der Waals surface area contributed by atoms with Crippen molar-refractivity contribution in [3.8, 4) is 0 Å². The average Bonchev–Trinajstić information content (AvgIpc) is 2.70. The first-order valence-corrected chi connectivity index (χ1v) is 11.3. The fourth-order valence-corrected chi connectivity index (χ4v) is 4.76. The highest BCUT2D eigenvalue weighted by Gasteiger charge is 2.28. The Morgan fingerprint density at radius 3 is 2.20 bits per heavy atom. The second kappa shape index (κ2) is 9.08. The number of nitrogens with one attached hydrogen (secondary N) is 1. The summed E-state index contributed by atoms with van der Waals surface area (Å²) in [5.74, 6) is -0.518. The van der Waals surface area contributed by atoms with Gasteiger partial charge >= 0.3 is 0 Å². The first kappa shape index (κ1) is 22.2. The molecule has 0 saturated heterocycles. The molecule has 0 saturated carbocycles. The highest BCUT2D eigenvalue weighted by molar-refractivity contribution is 7.92. The molecule has 1 amide bonds. The number of hydrogen-bond acceptors (Lipinski definition) is 3. The molecule has 0 aromatic heterocycles. The molecule has 3 aromatic rings. The van der Waals surface area contributed by atoms with Crippen molar-refractivity contribution in [3.63, 3.8) is 0 Å². The lowest BCUT2D eigenvalue weighted by Crippen LogP contribution is -2.38. The van der Waals surface area contributed by atoms with Gasteiger partial charge in [0.15, 0.2) is 0 Å². The van der Waals surface area contributed by atoms with Gasteiger partial charge in [0.2, 0.25) is 5.91 Å². The maximum absolute atomic E-state index is 13.4. The predicted molar refractivity (Wildman–Crippen MR) is 122 cm³/mol. The van der Waals surface area contributed by atoms with E-state index < -0.39 is 22.5 Å². The van der Waals surface area contributed by atoms with Gasteiger partial charge in [0.25, 0.3) is 10.0 Å². The number of halogens is 2. The Balaban J connectivity index is 1.98. The van der Waals surface area contributed by atoms with E-state index in [1.165, 1.54) is 12.1 Å². The van der Waals surface area contributed by atoms with Crippen LogP contribution >= 0.6 is 23.2 Å². The van der Waals surface area contributed by atoms with Crippen LogP contribution in [-0.2, 0) is 14.8 Å². The molecule has 5 nitrogen and oxygen atoms in total. The Bertz CT molecular complexity index is 1180. The number of para-hydroxylation sites is 1. The molecule has 0 unspecified atom stereocenters. The fourth-order valence-electron chi connectivity index (χ4n) is 2.85. The molecule has 8 heteroatoms. The van der Waals surface area contributed by atoms with Crippen molar-refractivity contribution in [2.45, 2.75) is 18.7 Å². The molecule has 0 aliphatic carbocycles. The van der Waals surface area contributed by atoms with E-state index in [0.29, 0.717) is 16.3 Å². The van der Waals surface area contributed by atoms with E-state index in [-0.39, 0.29) is 15.6 Å². The lowest BCUT2D eigenvalue weighted by atomic mass is 10.2. The Labute approximate surface area is 186 Å². The van der Waals surface area contributed by atoms with Crippen LogP contribution < -0.4 is 9.62 Å². The van der Waals surface area contributed by atoms with Crippen molar-refractivity contribution in [1.82, 2.24) is 0 Å². The van der Waals surface area contributed by atoms with Crippen LogP contribution in [0.4, 0.5) is 11.4 Å². The molecule has 3 aromatic carbocycles. The number of carbonyl (C=O) groups excluding carboxylic acids is 1. The number of rotatable bonds is 6. The fraction of sp³-hybridized carbons (Fsp3) is 0.136. The van der Waals surface area contributed by atoms with Crippen molar-refractivity contribution in [3.05, 3.63) is 87.9 Å². The van der Waals surface area contributed by atoms with Gasteiger partial charge in [-0.25, -0.2) is 8.42 Å². The molecule has 0 fully saturated rings. The third-order valence-electron chi connectivity index (χ3n) is 4.56. The summed E-state index contributed by atoms with van der Waals surface area (Å²) in [6, 6.07) is 18.0. The summed E-state index contributed by atoms with van der Waals surface area (Å²) in [7, 11) is -4.04. The molecule has 0 aliphatic heterocycles. The Morgan fingerprint density at radius 2 is 1.53 bits per heavy atom. The van der Waals surface area contributed by atoms with Crippen LogP contribution in [0.15, 0.2) is 71.6 Å². The maximum atomic E-state index is 13.4. The van der Waals surface area contributed by atoms with E-state index in [1.54, 1.807) is 61.5 Å². The van der Waals surface area contributed by atoms with Crippen LogP contribution in [-0.4, -0.2) is 20.9 Å². The molecule has 0 radical (unpaired) electrons. The van der Waals surface area contributed by atoms with E-state index in [1.807, 2.05) is 6.92 Å². The van der Waals surface area contributed by atoms with Crippen LogP contribution in [0.5, 0.6) is 0 Å².